The van der Waals surface area contributed by atoms with Crippen molar-refractivity contribution in [3.05, 3.63) is 70.7 Å². The van der Waals surface area contributed by atoms with Gasteiger partial charge in [0.1, 0.15) is 0 Å². The molecular formula is C18H13BrO2. The van der Waals surface area contributed by atoms with Crippen molar-refractivity contribution in [2.75, 3.05) is 7.11 Å². The van der Waals surface area contributed by atoms with Crippen molar-refractivity contribution in [2.24, 2.45) is 0 Å². The van der Waals surface area contributed by atoms with Crippen LogP contribution in [0.15, 0.2) is 65.1 Å². The van der Waals surface area contributed by atoms with Crippen LogP contribution in [0.5, 0.6) is 0 Å². The zero-order valence-corrected chi connectivity index (χ0v) is 13.1. The average molecular weight is 341 g/mol. The molecule has 0 fully saturated rings. The van der Waals surface area contributed by atoms with Crippen LogP contribution >= 0.6 is 15.9 Å². The normalized spacial score (nSPS) is 10.6. The van der Waals surface area contributed by atoms with Crippen LogP contribution in [0.1, 0.15) is 10.4 Å². The summed E-state index contributed by atoms with van der Waals surface area (Å²) in [5.41, 5.74) is 2.47. The van der Waals surface area contributed by atoms with E-state index in [4.69, 9.17) is 4.74 Å². The number of ether oxygens (including phenoxy) is 1. The number of carbonyl (C=O) groups is 1. The third-order valence-electron chi connectivity index (χ3n) is 3.43. The minimum atomic E-state index is -0.323. The van der Waals surface area contributed by atoms with Crippen LogP contribution in [0.2, 0.25) is 0 Å². The Kier molecular flexibility index (Phi) is 3.76. The predicted octanol–water partition coefficient (Wildman–Crippen LogP) is 5.06. The maximum absolute atomic E-state index is 12.1. The second-order valence-electron chi connectivity index (χ2n) is 4.75. The second kappa shape index (κ2) is 5.70. The zero-order chi connectivity index (χ0) is 14.8. The van der Waals surface area contributed by atoms with Crippen LogP contribution in [0.3, 0.4) is 0 Å². The van der Waals surface area contributed by atoms with Gasteiger partial charge in [-0.15, -0.1) is 0 Å². The summed E-state index contributed by atoms with van der Waals surface area (Å²) in [6.07, 6.45) is 0. The number of hydrogen-bond acceptors (Lipinski definition) is 2. The van der Waals surface area contributed by atoms with E-state index in [0.29, 0.717) is 5.56 Å². The van der Waals surface area contributed by atoms with Crippen LogP contribution in [0.4, 0.5) is 0 Å². The Labute approximate surface area is 131 Å². The van der Waals surface area contributed by atoms with Gasteiger partial charge in [-0.3, -0.25) is 0 Å². The first-order chi connectivity index (χ1) is 10.2. The van der Waals surface area contributed by atoms with Crippen LogP contribution in [-0.2, 0) is 4.74 Å². The Morgan fingerprint density at radius 3 is 2.43 bits per heavy atom. The van der Waals surface area contributed by atoms with Crippen molar-refractivity contribution in [1.82, 2.24) is 0 Å². The summed E-state index contributed by atoms with van der Waals surface area (Å²) in [7, 11) is 1.40. The lowest BCUT2D eigenvalue weighted by atomic mass is 9.95. The van der Waals surface area contributed by atoms with E-state index in [2.05, 4.69) is 15.9 Å². The summed E-state index contributed by atoms with van der Waals surface area (Å²) in [5.74, 6) is -0.323. The third kappa shape index (κ3) is 2.69. The van der Waals surface area contributed by atoms with Gasteiger partial charge in [0.05, 0.1) is 12.7 Å². The number of hydrogen-bond donors (Lipinski definition) is 0. The number of rotatable bonds is 2. The molecule has 21 heavy (non-hydrogen) atoms. The Morgan fingerprint density at radius 2 is 1.71 bits per heavy atom. The number of esters is 1. The highest BCUT2D eigenvalue weighted by molar-refractivity contribution is 9.10. The quantitative estimate of drug-likeness (QED) is 0.609. The van der Waals surface area contributed by atoms with E-state index >= 15 is 0 Å². The molecule has 0 spiro atoms. The van der Waals surface area contributed by atoms with Gasteiger partial charge in [-0.1, -0.05) is 52.3 Å². The van der Waals surface area contributed by atoms with E-state index in [1.165, 1.54) is 7.11 Å². The predicted molar refractivity (Wildman–Crippen MR) is 88.4 cm³/mol. The summed E-state index contributed by atoms with van der Waals surface area (Å²) in [5, 5.41) is 2.09. The Bertz CT molecular complexity index is 810. The molecule has 0 N–H and O–H groups in total. The van der Waals surface area contributed by atoms with E-state index < -0.39 is 0 Å². The first kappa shape index (κ1) is 13.8. The molecule has 2 nitrogen and oxygen atoms in total. The summed E-state index contributed by atoms with van der Waals surface area (Å²) < 4.78 is 5.91. The second-order valence-corrected chi connectivity index (χ2v) is 5.66. The molecule has 3 rings (SSSR count). The van der Waals surface area contributed by atoms with Gasteiger partial charge in [-0.2, -0.15) is 0 Å². The smallest absolute Gasteiger partial charge is 0.338 e. The van der Waals surface area contributed by atoms with Crippen LogP contribution in [0.25, 0.3) is 21.9 Å². The third-order valence-corrected chi connectivity index (χ3v) is 3.92. The average Bonchev–Trinajstić information content (AvgIpc) is 2.53. The fourth-order valence-corrected chi connectivity index (χ4v) is 2.78. The first-order valence-electron chi connectivity index (χ1n) is 6.56. The monoisotopic (exact) mass is 340 g/mol. The molecule has 3 heteroatoms. The van der Waals surface area contributed by atoms with Gasteiger partial charge in [0.15, 0.2) is 0 Å². The summed E-state index contributed by atoms with van der Waals surface area (Å²) in [6, 6.07) is 19.8. The van der Waals surface area contributed by atoms with Crippen molar-refractivity contribution in [3.8, 4) is 11.1 Å². The van der Waals surface area contributed by atoms with Gasteiger partial charge in [0, 0.05) is 4.47 Å². The molecule has 104 valence electrons. The lowest BCUT2D eigenvalue weighted by Crippen LogP contribution is -2.03. The molecule has 0 heterocycles. The maximum Gasteiger partial charge on any atom is 0.338 e. The minimum Gasteiger partial charge on any atom is -0.465 e. The number of benzene rings is 3. The summed E-state index contributed by atoms with van der Waals surface area (Å²) in [6.45, 7) is 0. The molecule has 0 unspecified atom stereocenters. The topological polar surface area (TPSA) is 26.3 Å². The lowest BCUT2D eigenvalue weighted by molar-refractivity contribution is 0.0602. The molecule has 0 bridgehead atoms. The minimum absolute atomic E-state index is 0.323. The van der Waals surface area contributed by atoms with Gasteiger partial charge < -0.3 is 4.74 Å². The van der Waals surface area contributed by atoms with Crippen LogP contribution < -0.4 is 0 Å². The fraction of sp³-hybridized carbons (Fsp3) is 0.0556. The van der Waals surface area contributed by atoms with Crippen molar-refractivity contribution in [3.63, 3.8) is 0 Å². The molecule has 3 aromatic carbocycles. The summed E-state index contributed by atoms with van der Waals surface area (Å²) in [4.78, 5) is 12.1. The molecule has 0 saturated carbocycles. The van der Waals surface area contributed by atoms with Crippen LogP contribution in [-0.4, -0.2) is 13.1 Å². The standard InChI is InChI=1S/C18H13BrO2/c1-21-18(20)17-11-14-9-15(19)8-7-13(14)10-16(17)12-5-3-2-4-6-12/h2-11H,1H3. The van der Waals surface area contributed by atoms with E-state index in [-0.39, 0.29) is 5.97 Å². The molecule has 0 saturated heterocycles. The van der Waals surface area contributed by atoms with Gasteiger partial charge >= 0.3 is 5.97 Å². The van der Waals surface area contributed by atoms with Crippen molar-refractivity contribution < 1.29 is 9.53 Å². The molecule has 0 aromatic heterocycles. The highest BCUT2D eigenvalue weighted by Gasteiger charge is 2.14. The molecule has 0 aliphatic heterocycles. The van der Waals surface area contributed by atoms with Gasteiger partial charge in [0.2, 0.25) is 0 Å². The summed E-state index contributed by atoms with van der Waals surface area (Å²) >= 11 is 3.46. The highest BCUT2D eigenvalue weighted by Crippen LogP contribution is 2.30. The SMILES string of the molecule is COC(=O)c1cc2cc(Br)ccc2cc1-c1ccccc1. The molecule has 0 atom stereocenters. The van der Waals surface area contributed by atoms with E-state index in [1.807, 2.05) is 60.7 Å². The number of fused-ring (bicyclic) bond motifs is 1. The Hall–Kier alpha value is -2.13. The Balaban J connectivity index is 2.30. The van der Waals surface area contributed by atoms with E-state index in [1.54, 1.807) is 0 Å². The molecule has 0 amide bonds. The largest absolute Gasteiger partial charge is 0.465 e. The number of halogens is 1. The van der Waals surface area contributed by atoms with Gasteiger partial charge in [0.25, 0.3) is 0 Å². The molecule has 3 aromatic rings. The zero-order valence-electron chi connectivity index (χ0n) is 11.5. The number of methoxy groups -OCH3 is 1. The Morgan fingerprint density at radius 1 is 0.952 bits per heavy atom. The van der Waals surface area contributed by atoms with E-state index in [9.17, 15) is 4.79 Å². The lowest BCUT2D eigenvalue weighted by Gasteiger charge is -2.11. The van der Waals surface area contributed by atoms with Gasteiger partial charge in [-0.25, -0.2) is 4.79 Å². The van der Waals surface area contributed by atoms with Crippen molar-refractivity contribution >= 4 is 32.7 Å². The van der Waals surface area contributed by atoms with E-state index in [0.717, 1.165) is 26.4 Å². The highest BCUT2D eigenvalue weighted by atomic mass is 79.9. The molecule has 0 radical (unpaired) electrons. The van der Waals surface area contributed by atoms with Crippen molar-refractivity contribution in [2.45, 2.75) is 0 Å². The number of carbonyl (C=O) groups excluding carboxylic acids is 1. The van der Waals surface area contributed by atoms with Crippen molar-refractivity contribution in [1.29, 1.82) is 0 Å². The van der Waals surface area contributed by atoms with Gasteiger partial charge in [-0.05, 0) is 46.2 Å². The van der Waals surface area contributed by atoms with Crippen LogP contribution in [0, 0.1) is 0 Å². The maximum atomic E-state index is 12.1. The fourth-order valence-electron chi connectivity index (χ4n) is 2.40. The molecule has 0 aliphatic rings. The first-order valence-corrected chi connectivity index (χ1v) is 7.35. The molecule has 0 aliphatic carbocycles. The molecular weight excluding hydrogens is 328 g/mol.